The molecule has 0 aliphatic rings. The Labute approximate surface area is 113 Å². The smallest absolute Gasteiger partial charge is 0.338 e. The highest BCUT2D eigenvalue weighted by molar-refractivity contribution is 5.94. The number of esters is 2. The molecule has 104 valence electrons. The third kappa shape index (κ3) is 4.39. The van der Waals surface area contributed by atoms with Gasteiger partial charge in [0, 0.05) is 0 Å². The molecule has 4 heteroatoms. The number of benzene rings is 1. The van der Waals surface area contributed by atoms with Gasteiger partial charge < -0.3 is 9.47 Å². The van der Waals surface area contributed by atoms with Crippen molar-refractivity contribution in [2.75, 3.05) is 13.2 Å². The molecule has 0 saturated carbocycles. The minimum atomic E-state index is -0.363. The number of carbonyl (C=O) groups is 2. The Morgan fingerprint density at radius 1 is 1.00 bits per heavy atom. The monoisotopic (exact) mass is 264 g/mol. The van der Waals surface area contributed by atoms with Gasteiger partial charge in [-0.25, -0.2) is 9.59 Å². The summed E-state index contributed by atoms with van der Waals surface area (Å²) in [6.07, 6.45) is 1.57. The quantitative estimate of drug-likeness (QED) is 0.741. The number of ether oxygens (including phenoxy) is 2. The lowest BCUT2D eigenvalue weighted by molar-refractivity contribution is 0.0490. The first-order valence-electron chi connectivity index (χ1n) is 6.55. The van der Waals surface area contributed by atoms with E-state index in [1.165, 1.54) is 0 Å². The molecule has 0 aliphatic carbocycles. The van der Waals surface area contributed by atoms with Gasteiger partial charge in [0.05, 0.1) is 24.3 Å². The highest BCUT2D eigenvalue weighted by Crippen LogP contribution is 2.13. The molecule has 0 N–H and O–H groups in total. The molecule has 0 atom stereocenters. The third-order valence-corrected chi connectivity index (χ3v) is 2.56. The Morgan fingerprint density at radius 3 is 2.11 bits per heavy atom. The van der Waals surface area contributed by atoms with Crippen LogP contribution in [0.25, 0.3) is 0 Å². The van der Waals surface area contributed by atoms with E-state index in [0.29, 0.717) is 29.9 Å². The molecule has 0 radical (unpaired) electrons. The van der Waals surface area contributed by atoms with Gasteiger partial charge in [-0.05, 0) is 43.5 Å². The lowest BCUT2D eigenvalue weighted by Gasteiger charge is -2.08. The normalized spacial score (nSPS) is 10.1. The Hall–Kier alpha value is -1.84. The van der Waals surface area contributed by atoms with Crippen molar-refractivity contribution in [3.05, 3.63) is 34.9 Å². The molecule has 0 aliphatic heterocycles. The van der Waals surface area contributed by atoms with Crippen LogP contribution in [0.4, 0.5) is 0 Å². The molecular weight excluding hydrogens is 244 g/mol. The Bertz CT molecular complexity index is 451. The van der Waals surface area contributed by atoms with E-state index in [4.69, 9.17) is 9.47 Å². The molecule has 0 amide bonds. The maximum absolute atomic E-state index is 11.7. The molecule has 1 aromatic carbocycles. The van der Waals surface area contributed by atoms with Crippen LogP contribution in [-0.2, 0) is 9.47 Å². The minimum Gasteiger partial charge on any atom is -0.462 e. The van der Waals surface area contributed by atoms with Gasteiger partial charge >= 0.3 is 11.9 Å². The number of rotatable bonds is 6. The van der Waals surface area contributed by atoms with Crippen LogP contribution >= 0.6 is 0 Å². The molecule has 4 nitrogen and oxygen atoms in total. The number of hydrogen-bond donors (Lipinski definition) is 0. The van der Waals surface area contributed by atoms with E-state index in [0.717, 1.165) is 12.8 Å². The summed E-state index contributed by atoms with van der Waals surface area (Å²) in [5, 5.41) is 0. The van der Waals surface area contributed by atoms with Crippen LogP contribution in [-0.4, -0.2) is 25.2 Å². The van der Waals surface area contributed by atoms with Crippen molar-refractivity contribution in [1.29, 1.82) is 0 Å². The molecule has 0 bridgehead atoms. The number of hydrogen-bond acceptors (Lipinski definition) is 4. The number of carbonyl (C=O) groups excluding carboxylic acids is 2. The van der Waals surface area contributed by atoms with Crippen molar-refractivity contribution in [2.24, 2.45) is 0 Å². The van der Waals surface area contributed by atoms with E-state index < -0.39 is 0 Å². The Balaban J connectivity index is 2.79. The van der Waals surface area contributed by atoms with E-state index in [-0.39, 0.29) is 11.9 Å². The van der Waals surface area contributed by atoms with Gasteiger partial charge in [0.15, 0.2) is 0 Å². The van der Waals surface area contributed by atoms with Crippen molar-refractivity contribution in [3.63, 3.8) is 0 Å². The highest BCUT2D eigenvalue weighted by atomic mass is 16.5. The second-order valence-corrected chi connectivity index (χ2v) is 4.30. The van der Waals surface area contributed by atoms with Gasteiger partial charge in [-0.1, -0.05) is 13.8 Å². The van der Waals surface area contributed by atoms with Gasteiger partial charge in [-0.15, -0.1) is 0 Å². The lowest BCUT2D eigenvalue weighted by Crippen LogP contribution is -2.10. The molecule has 1 rings (SSSR count). The van der Waals surface area contributed by atoms with Crippen molar-refractivity contribution >= 4 is 11.9 Å². The fourth-order valence-corrected chi connectivity index (χ4v) is 1.57. The van der Waals surface area contributed by atoms with E-state index in [9.17, 15) is 9.59 Å². The zero-order valence-corrected chi connectivity index (χ0v) is 11.7. The minimum absolute atomic E-state index is 0.354. The first-order valence-corrected chi connectivity index (χ1v) is 6.55. The van der Waals surface area contributed by atoms with Crippen LogP contribution in [0.1, 0.15) is 53.0 Å². The molecular formula is C15H20O4. The Morgan fingerprint density at radius 2 is 1.58 bits per heavy atom. The summed E-state index contributed by atoms with van der Waals surface area (Å²) in [7, 11) is 0. The molecule has 19 heavy (non-hydrogen) atoms. The highest BCUT2D eigenvalue weighted by Gasteiger charge is 2.13. The predicted octanol–water partition coefficient (Wildman–Crippen LogP) is 3.13. The molecule has 1 aromatic rings. The van der Waals surface area contributed by atoms with Crippen molar-refractivity contribution in [2.45, 2.75) is 33.6 Å². The van der Waals surface area contributed by atoms with Crippen LogP contribution in [0.5, 0.6) is 0 Å². The van der Waals surface area contributed by atoms with Gasteiger partial charge in [0.1, 0.15) is 0 Å². The van der Waals surface area contributed by atoms with Crippen LogP contribution in [0.2, 0.25) is 0 Å². The van der Waals surface area contributed by atoms with E-state index >= 15 is 0 Å². The van der Waals surface area contributed by atoms with Crippen LogP contribution in [0.3, 0.4) is 0 Å². The summed E-state index contributed by atoms with van der Waals surface area (Å²) in [5.74, 6) is -0.716. The maximum Gasteiger partial charge on any atom is 0.338 e. The standard InChI is InChI=1S/C15H20O4/c1-4-8-18-14(16)12-6-7-13(11(3)10-12)15(17)19-9-5-2/h6-7,10H,4-5,8-9H2,1-3H3. The van der Waals surface area contributed by atoms with Gasteiger partial charge in [0.2, 0.25) is 0 Å². The second-order valence-electron chi connectivity index (χ2n) is 4.30. The molecule has 0 saturated heterocycles. The largest absolute Gasteiger partial charge is 0.462 e. The SMILES string of the molecule is CCCOC(=O)c1ccc(C(=O)OCCC)c(C)c1. The van der Waals surface area contributed by atoms with Crippen LogP contribution in [0, 0.1) is 6.92 Å². The zero-order chi connectivity index (χ0) is 14.3. The zero-order valence-electron chi connectivity index (χ0n) is 11.7. The summed E-state index contributed by atoms with van der Waals surface area (Å²) in [4.78, 5) is 23.4. The summed E-state index contributed by atoms with van der Waals surface area (Å²) in [6.45, 7) is 6.45. The molecule has 0 aromatic heterocycles. The maximum atomic E-state index is 11.7. The topological polar surface area (TPSA) is 52.6 Å². The van der Waals surface area contributed by atoms with E-state index in [2.05, 4.69) is 0 Å². The third-order valence-electron chi connectivity index (χ3n) is 2.56. The molecule has 0 spiro atoms. The van der Waals surface area contributed by atoms with Gasteiger partial charge in [-0.3, -0.25) is 0 Å². The first kappa shape index (κ1) is 15.2. The van der Waals surface area contributed by atoms with Crippen molar-refractivity contribution in [3.8, 4) is 0 Å². The lowest BCUT2D eigenvalue weighted by atomic mass is 10.1. The molecule has 0 unspecified atom stereocenters. The van der Waals surface area contributed by atoms with Gasteiger partial charge in [-0.2, -0.15) is 0 Å². The Kier molecular flexibility index (Phi) is 6.06. The fourth-order valence-electron chi connectivity index (χ4n) is 1.57. The fraction of sp³-hybridized carbons (Fsp3) is 0.467. The van der Waals surface area contributed by atoms with E-state index in [1.54, 1.807) is 25.1 Å². The average Bonchev–Trinajstić information content (AvgIpc) is 2.41. The summed E-state index contributed by atoms with van der Waals surface area (Å²) in [6, 6.07) is 4.85. The first-order chi connectivity index (χ1) is 9.10. The molecule has 0 heterocycles. The van der Waals surface area contributed by atoms with E-state index in [1.807, 2.05) is 13.8 Å². The summed E-state index contributed by atoms with van der Waals surface area (Å²) in [5.41, 5.74) is 1.66. The number of aryl methyl sites for hydroxylation is 1. The van der Waals surface area contributed by atoms with Crippen molar-refractivity contribution in [1.82, 2.24) is 0 Å². The average molecular weight is 264 g/mol. The van der Waals surface area contributed by atoms with Crippen LogP contribution in [0.15, 0.2) is 18.2 Å². The summed E-state index contributed by atoms with van der Waals surface area (Å²) >= 11 is 0. The predicted molar refractivity (Wildman–Crippen MR) is 72.3 cm³/mol. The van der Waals surface area contributed by atoms with Gasteiger partial charge in [0.25, 0.3) is 0 Å². The second kappa shape index (κ2) is 7.56. The van der Waals surface area contributed by atoms with Crippen LogP contribution < -0.4 is 0 Å². The molecule has 0 fully saturated rings. The van der Waals surface area contributed by atoms with Crippen molar-refractivity contribution < 1.29 is 19.1 Å². The summed E-state index contributed by atoms with van der Waals surface area (Å²) < 4.78 is 10.1.